The van der Waals surface area contributed by atoms with Crippen LogP contribution in [0.5, 0.6) is 0 Å². The van der Waals surface area contributed by atoms with E-state index in [0.717, 1.165) is 16.4 Å². The predicted octanol–water partition coefficient (Wildman–Crippen LogP) is 2.37. The number of carbonyl (C=O) groups is 2. The normalized spacial score (nSPS) is 19.6. The molecule has 1 aliphatic rings. The van der Waals surface area contributed by atoms with Crippen molar-refractivity contribution in [1.82, 2.24) is 4.90 Å². The number of carboxylic acids is 1. The number of halogens is 1. The molecule has 1 unspecified atom stereocenters. The van der Waals surface area contributed by atoms with E-state index in [4.69, 9.17) is 5.11 Å². The van der Waals surface area contributed by atoms with Crippen molar-refractivity contribution in [3.63, 3.8) is 0 Å². The predicted molar refractivity (Wildman–Crippen MR) is 75.5 cm³/mol. The van der Waals surface area contributed by atoms with Crippen LogP contribution < -0.4 is 0 Å². The second-order valence-corrected chi connectivity index (χ2v) is 5.60. The minimum Gasteiger partial charge on any atom is -0.480 e. The molecule has 0 bridgehead atoms. The molecule has 18 heavy (non-hydrogen) atoms. The lowest BCUT2D eigenvalue weighted by Crippen LogP contribution is -2.47. The first-order valence-corrected chi connectivity index (χ1v) is 6.97. The molecular formula is C13H14INO3. The van der Waals surface area contributed by atoms with Gasteiger partial charge in [-0.2, -0.15) is 0 Å². The van der Waals surface area contributed by atoms with Crippen LogP contribution in [0.4, 0.5) is 0 Å². The molecular weight excluding hydrogens is 345 g/mol. The third-order valence-electron chi connectivity index (χ3n) is 3.14. The Morgan fingerprint density at radius 2 is 1.89 bits per heavy atom. The lowest BCUT2D eigenvalue weighted by Gasteiger charge is -2.33. The third-order valence-corrected chi connectivity index (χ3v) is 3.86. The molecule has 5 heteroatoms. The zero-order valence-corrected chi connectivity index (χ0v) is 12.0. The van der Waals surface area contributed by atoms with Crippen molar-refractivity contribution in [2.24, 2.45) is 0 Å². The summed E-state index contributed by atoms with van der Waals surface area (Å²) in [5.41, 5.74) is 0.559. The fourth-order valence-corrected chi connectivity index (χ4v) is 2.55. The summed E-state index contributed by atoms with van der Waals surface area (Å²) in [7, 11) is 0. The van der Waals surface area contributed by atoms with E-state index in [2.05, 4.69) is 22.6 Å². The van der Waals surface area contributed by atoms with Crippen LogP contribution >= 0.6 is 22.6 Å². The van der Waals surface area contributed by atoms with Crippen molar-refractivity contribution in [2.75, 3.05) is 6.54 Å². The van der Waals surface area contributed by atoms with Gasteiger partial charge < -0.3 is 10.0 Å². The lowest BCUT2D eigenvalue weighted by molar-refractivity contribution is -0.143. The van der Waals surface area contributed by atoms with Gasteiger partial charge in [-0.25, -0.2) is 4.79 Å². The van der Waals surface area contributed by atoms with Gasteiger partial charge in [-0.15, -0.1) is 0 Å². The summed E-state index contributed by atoms with van der Waals surface area (Å²) in [5, 5.41) is 9.15. The molecule has 0 spiro atoms. The summed E-state index contributed by atoms with van der Waals surface area (Å²) >= 11 is 2.17. The van der Waals surface area contributed by atoms with Gasteiger partial charge in [-0.05, 0) is 66.1 Å². The number of hydrogen-bond acceptors (Lipinski definition) is 2. The average Bonchev–Trinajstić information content (AvgIpc) is 2.39. The van der Waals surface area contributed by atoms with E-state index in [9.17, 15) is 9.59 Å². The summed E-state index contributed by atoms with van der Waals surface area (Å²) in [6.07, 6.45) is 2.29. The molecule has 96 valence electrons. The number of piperidine rings is 1. The van der Waals surface area contributed by atoms with E-state index in [1.54, 1.807) is 12.1 Å². The number of carboxylic acid groups (broad SMARTS) is 1. The highest BCUT2D eigenvalue weighted by Crippen LogP contribution is 2.20. The highest BCUT2D eigenvalue weighted by Gasteiger charge is 2.32. The largest absolute Gasteiger partial charge is 0.480 e. The van der Waals surface area contributed by atoms with Gasteiger partial charge in [0.1, 0.15) is 6.04 Å². The average molecular weight is 359 g/mol. The van der Waals surface area contributed by atoms with Crippen LogP contribution in [0, 0.1) is 3.57 Å². The quantitative estimate of drug-likeness (QED) is 0.825. The van der Waals surface area contributed by atoms with Crippen LogP contribution in [0.1, 0.15) is 29.6 Å². The van der Waals surface area contributed by atoms with Gasteiger partial charge in [0, 0.05) is 15.7 Å². The molecule has 1 N–H and O–H groups in total. The van der Waals surface area contributed by atoms with E-state index in [1.165, 1.54) is 4.90 Å². The molecule has 1 heterocycles. The molecule has 1 saturated heterocycles. The number of carbonyl (C=O) groups excluding carboxylic acids is 1. The van der Waals surface area contributed by atoms with Gasteiger partial charge >= 0.3 is 5.97 Å². The second-order valence-electron chi connectivity index (χ2n) is 4.36. The maximum Gasteiger partial charge on any atom is 0.326 e. The topological polar surface area (TPSA) is 57.6 Å². The monoisotopic (exact) mass is 359 g/mol. The highest BCUT2D eigenvalue weighted by atomic mass is 127. The molecule has 1 aromatic carbocycles. The minimum absolute atomic E-state index is 0.182. The Kier molecular flexibility index (Phi) is 4.21. The molecule has 1 aromatic rings. The van der Waals surface area contributed by atoms with Crippen molar-refractivity contribution < 1.29 is 14.7 Å². The first kappa shape index (κ1) is 13.3. The molecule has 1 fully saturated rings. The van der Waals surface area contributed by atoms with Crippen LogP contribution in [0.15, 0.2) is 24.3 Å². The van der Waals surface area contributed by atoms with Crippen molar-refractivity contribution in [1.29, 1.82) is 0 Å². The highest BCUT2D eigenvalue weighted by molar-refractivity contribution is 14.1. The summed E-state index contributed by atoms with van der Waals surface area (Å²) in [5.74, 6) is -1.09. The Labute approximate surface area is 119 Å². The molecule has 1 atom stereocenters. The number of likely N-dealkylation sites (tertiary alicyclic amines) is 1. The van der Waals surface area contributed by atoms with Crippen molar-refractivity contribution in [2.45, 2.75) is 25.3 Å². The zero-order chi connectivity index (χ0) is 13.1. The fourth-order valence-electron chi connectivity index (χ4n) is 2.19. The van der Waals surface area contributed by atoms with Crippen LogP contribution in [0.2, 0.25) is 0 Å². The van der Waals surface area contributed by atoms with Crippen LogP contribution in [-0.4, -0.2) is 34.5 Å². The Morgan fingerprint density at radius 1 is 1.22 bits per heavy atom. The van der Waals surface area contributed by atoms with Gasteiger partial charge in [0.25, 0.3) is 5.91 Å². The van der Waals surface area contributed by atoms with Crippen molar-refractivity contribution in [3.05, 3.63) is 33.4 Å². The van der Waals surface area contributed by atoms with E-state index < -0.39 is 12.0 Å². The number of aliphatic carboxylic acids is 1. The standard InChI is InChI=1S/C13H14INO3/c14-10-6-4-9(5-7-10)12(16)15-8-2-1-3-11(15)13(17)18/h4-7,11H,1-3,8H2,(H,17,18). The minimum atomic E-state index is -0.909. The Hall–Kier alpha value is -1.11. The van der Waals surface area contributed by atoms with E-state index in [-0.39, 0.29) is 5.91 Å². The maximum atomic E-state index is 12.3. The Bertz CT molecular complexity index is 458. The fraction of sp³-hybridized carbons (Fsp3) is 0.385. The summed E-state index contributed by atoms with van der Waals surface area (Å²) in [4.78, 5) is 24.9. The second kappa shape index (κ2) is 5.69. The summed E-state index contributed by atoms with van der Waals surface area (Å²) in [6.45, 7) is 0.530. The third kappa shape index (κ3) is 2.82. The zero-order valence-electron chi connectivity index (χ0n) is 9.80. The van der Waals surface area contributed by atoms with Gasteiger partial charge in [-0.3, -0.25) is 4.79 Å². The smallest absolute Gasteiger partial charge is 0.326 e. The van der Waals surface area contributed by atoms with Gasteiger partial charge in [-0.1, -0.05) is 0 Å². The van der Waals surface area contributed by atoms with Crippen molar-refractivity contribution >= 4 is 34.5 Å². The number of rotatable bonds is 2. The molecule has 1 aliphatic heterocycles. The number of hydrogen-bond donors (Lipinski definition) is 1. The Balaban J connectivity index is 2.20. The Morgan fingerprint density at radius 3 is 2.50 bits per heavy atom. The number of benzene rings is 1. The maximum absolute atomic E-state index is 12.3. The lowest BCUT2D eigenvalue weighted by atomic mass is 10.0. The molecule has 0 radical (unpaired) electrons. The van der Waals surface area contributed by atoms with E-state index in [0.29, 0.717) is 18.5 Å². The summed E-state index contributed by atoms with van der Waals surface area (Å²) in [6, 6.07) is 6.53. The van der Waals surface area contributed by atoms with Crippen LogP contribution in [0.25, 0.3) is 0 Å². The SMILES string of the molecule is O=C(O)C1CCCCN1C(=O)c1ccc(I)cc1. The molecule has 0 aliphatic carbocycles. The summed E-state index contributed by atoms with van der Waals surface area (Å²) < 4.78 is 1.05. The number of nitrogens with zero attached hydrogens (tertiary/aromatic N) is 1. The van der Waals surface area contributed by atoms with Gasteiger partial charge in [0.2, 0.25) is 0 Å². The molecule has 4 nitrogen and oxygen atoms in total. The molecule has 0 saturated carbocycles. The van der Waals surface area contributed by atoms with Crippen molar-refractivity contribution in [3.8, 4) is 0 Å². The van der Waals surface area contributed by atoms with Crippen LogP contribution in [0.3, 0.4) is 0 Å². The van der Waals surface area contributed by atoms with E-state index in [1.807, 2.05) is 12.1 Å². The first-order chi connectivity index (χ1) is 8.59. The molecule has 2 rings (SSSR count). The number of amides is 1. The molecule has 0 aromatic heterocycles. The van der Waals surface area contributed by atoms with Gasteiger partial charge in [0.05, 0.1) is 0 Å². The molecule has 1 amide bonds. The first-order valence-electron chi connectivity index (χ1n) is 5.89. The van der Waals surface area contributed by atoms with Gasteiger partial charge in [0.15, 0.2) is 0 Å². The van der Waals surface area contributed by atoms with Crippen LogP contribution in [-0.2, 0) is 4.79 Å². The van der Waals surface area contributed by atoms with E-state index >= 15 is 0 Å².